The lowest BCUT2D eigenvalue weighted by molar-refractivity contribution is 0.675. The molecule has 2 heteroatoms. The van der Waals surface area contributed by atoms with Gasteiger partial charge in [0, 0.05) is 12.2 Å². The fraction of sp³-hybridized carbons (Fsp3) is 0.235. The van der Waals surface area contributed by atoms with E-state index in [9.17, 15) is 5.26 Å². The average molecular weight is 248 g/mol. The van der Waals surface area contributed by atoms with Crippen LogP contribution in [0.1, 0.15) is 22.7 Å². The molecule has 0 bridgehead atoms. The second kappa shape index (κ2) is 4.78. The Morgan fingerprint density at radius 2 is 1.84 bits per heavy atom. The standard InChI is InChI=1S/C17H16N2/c1-13-6-2-5-9-16(13)19-11-10-14-7-3-4-8-15(14)17(19)12-18/h2-9,17H,10-11H2,1H3. The van der Waals surface area contributed by atoms with Gasteiger partial charge in [0.05, 0.1) is 6.07 Å². The van der Waals surface area contributed by atoms with E-state index >= 15 is 0 Å². The summed E-state index contributed by atoms with van der Waals surface area (Å²) in [7, 11) is 0. The molecule has 0 saturated carbocycles. The minimum atomic E-state index is -0.175. The Morgan fingerprint density at radius 1 is 1.11 bits per heavy atom. The summed E-state index contributed by atoms with van der Waals surface area (Å²) in [5.74, 6) is 0. The van der Waals surface area contributed by atoms with Crippen LogP contribution in [0.2, 0.25) is 0 Å². The second-order valence-corrected chi connectivity index (χ2v) is 4.96. The van der Waals surface area contributed by atoms with E-state index in [4.69, 9.17) is 0 Å². The Labute approximate surface area is 113 Å². The van der Waals surface area contributed by atoms with Crippen LogP contribution in [0, 0.1) is 18.3 Å². The van der Waals surface area contributed by atoms with Crippen molar-refractivity contribution in [1.82, 2.24) is 0 Å². The summed E-state index contributed by atoms with van der Waals surface area (Å²) in [6.45, 7) is 3.00. The Kier molecular flexibility index (Phi) is 2.97. The third-order valence-electron chi connectivity index (χ3n) is 3.83. The lowest BCUT2D eigenvalue weighted by Gasteiger charge is -2.36. The third-order valence-corrected chi connectivity index (χ3v) is 3.83. The molecule has 0 aromatic heterocycles. The molecule has 1 atom stereocenters. The van der Waals surface area contributed by atoms with E-state index in [1.165, 1.54) is 16.8 Å². The molecule has 0 spiro atoms. The molecular weight excluding hydrogens is 232 g/mol. The van der Waals surface area contributed by atoms with Gasteiger partial charge in [0.1, 0.15) is 6.04 Å². The number of aryl methyl sites for hydroxylation is 1. The largest absolute Gasteiger partial charge is 0.351 e. The highest BCUT2D eigenvalue weighted by Gasteiger charge is 2.27. The van der Waals surface area contributed by atoms with Crippen molar-refractivity contribution in [1.29, 1.82) is 5.26 Å². The number of hydrogen-bond acceptors (Lipinski definition) is 2. The summed E-state index contributed by atoms with van der Waals surface area (Å²) >= 11 is 0. The van der Waals surface area contributed by atoms with E-state index in [1.54, 1.807) is 0 Å². The molecule has 1 unspecified atom stereocenters. The van der Waals surface area contributed by atoms with Gasteiger partial charge in [-0.1, -0.05) is 42.5 Å². The fourth-order valence-corrected chi connectivity index (χ4v) is 2.85. The van der Waals surface area contributed by atoms with Crippen LogP contribution in [0.5, 0.6) is 0 Å². The summed E-state index contributed by atoms with van der Waals surface area (Å²) in [4.78, 5) is 2.22. The van der Waals surface area contributed by atoms with E-state index in [-0.39, 0.29) is 6.04 Å². The molecule has 0 fully saturated rings. The summed E-state index contributed by atoms with van der Waals surface area (Å²) in [5.41, 5.74) is 4.85. The first-order valence-electron chi connectivity index (χ1n) is 6.61. The SMILES string of the molecule is Cc1ccccc1N1CCc2ccccc2C1C#N. The normalized spacial score (nSPS) is 17.7. The molecule has 2 aromatic rings. The predicted molar refractivity (Wildman–Crippen MR) is 77.0 cm³/mol. The van der Waals surface area contributed by atoms with Crippen molar-refractivity contribution >= 4 is 5.69 Å². The first-order chi connectivity index (χ1) is 9.31. The Bertz CT molecular complexity index is 640. The van der Waals surface area contributed by atoms with Gasteiger partial charge < -0.3 is 4.90 Å². The maximum Gasteiger partial charge on any atom is 0.142 e. The molecule has 1 aliphatic rings. The summed E-state index contributed by atoms with van der Waals surface area (Å²) in [6.07, 6.45) is 1.00. The molecule has 0 aliphatic carbocycles. The van der Waals surface area contributed by atoms with Crippen LogP contribution >= 0.6 is 0 Å². The van der Waals surface area contributed by atoms with E-state index in [2.05, 4.69) is 48.2 Å². The van der Waals surface area contributed by atoms with Crippen molar-refractivity contribution in [2.24, 2.45) is 0 Å². The van der Waals surface area contributed by atoms with Crippen LogP contribution in [-0.2, 0) is 6.42 Å². The zero-order chi connectivity index (χ0) is 13.2. The molecule has 2 aromatic carbocycles. The van der Waals surface area contributed by atoms with Gasteiger partial charge in [-0.3, -0.25) is 0 Å². The van der Waals surface area contributed by atoms with Crippen LogP contribution in [-0.4, -0.2) is 6.54 Å². The van der Waals surface area contributed by atoms with Crippen molar-refractivity contribution in [3.8, 4) is 6.07 Å². The second-order valence-electron chi connectivity index (χ2n) is 4.96. The highest BCUT2D eigenvalue weighted by atomic mass is 15.2. The number of hydrogen-bond donors (Lipinski definition) is 0. The van der Waals surface area contributed by atoms with E-state index in [1.807, 2.05) is 18.2 Å². The molecule has 2 nitrogen and oxygen atoms in total. The summed E-state index contributed by atoms with van der Waals surface area (Å²) in [5, 5.41) is 9.57. The number of benzene rings is 2. The monoisotopic (exact) mass is 248 g/mol. The quantitative estimate of drug-likeness (QED) is 0.770. The van der Waals surface area contributed by atoms with Crippen molar-refractivity contribution in [2.45, 2.75) is 19.4 Å². The first-order valence-corrected chi connectivity index (χ1v) is 6.61. The Balaban J connectivity index is 2.07. The van der Waals surface area contributed by atoms with Gasteiger partial charge in [-0.2, -0.15) is 5.26 Å². The van der Waals surface area contributed by atoms with Gasteiger partial charge in [-0.15, -0.1) is 0 Å². The molecule has 3 rings (SSSR count). The highest BCUT2D eigenvalue weighted by Crippen LogP contribution is 2.34. The van der Waals surface area contributed by atoms with E-state index in [0.717, 1.165) is 18.5 Å². The van der Waals surface area contributed by atoms with Crippen molar-refractivity contribution in [3.63, 3.8) is 0 Å². The lowest BCUT2D eigenvalue weighted by atomic mass is 9.92. The molecule has 94 valence electrons. The molecule has 1 heterocycles. The predicted octanol–water partition coefficient (Wildman–Crippen LogP) is 3.62. The minimum absolute atomic E-state index is 0.175. The van der Waals surface area contributed by atoms with Crippen molar-refractivity contribution < 1.29 is 0 Å². The maximum absolute atomic E-state index is 9.57. The first kappa shape index (κ1) is 11.8. The van der Waals surface area contributed by atoms with Gasteiger partial charge in [-0.25, -0.2) is 0 Å². The zero-order valence-electron chi connectivity index (χ0n) is 11.0. The number of fused-ring (bicyclic) bond motifs is 1. The van der Waals surface area contributed by atoms with Gasteiger partial charge in [0.15, 0.2) is 0 Å². The van der Waals surface area contributed by atoms with E-state index < -0.39 is 0 Å². The Morgan fingerprint density at radius 3 is 2.63 bits per heavy atom. The van der Waals surface area contributed by atoms with Crippen LogP contribution in [0.25, 0.3) is 0 Å². The number of rotatable bonds is 1. The van der Waals surface area contributed by atoms with Crippen molar-refractivity contribution in [2.75, 3.05) is 11.4 Å². The van der Waals surface area contributed by atoms with Gasteiger partial charge in [0.25, 0.3) is 0 Å². The highest BCUT2D eigenvalue weighted by molar-refractivity contribution is 5.58. The average Bonchev–Trinajstić information content (AvgIpc) is 2.46. The molecule has 1 aliphatic heterocycles. The van der Waals surface area contributed by atoms with Crippen LogP contribution in [0.4, 0.5) is 5.69 Å². The van der Waals surface area contributed by atoms with E-state index in [0.29, 0.717) is 0 Å². The Hall–Kier alpha value is -2.27. The van der Waals surface area contributed by atoms with Crippen molar-refractivity contribution in [3.05, 3.63) is 65.2 Å². The van der Waals surface area contributed by atoms with Crippen LogP contribution in [0.3, 0.4) is 0 Å². The van der Waals surface area contributed by atoms with Crippen LogP contribution in [0.15, 0.2) is 48.5 Å². The molecular formula is C17H16N2. The zero-order valence-corrected chi connectivity index (χ0v) is 11.0. The maximum atomic E-state index is 9.57. The number of nitriles is 1. The smallest absolute Gasteiger partial charge is 0.142 e. The molecule has 19 heavy (non-hydrogen) atoms. The van der Waals surface area contributed by atoms with Crippen LogP contribution < -0.4 is 4.90 Å². The number of nitrogens with zero attached hydrogens (tertiary/aromatic N) is 2. The molecule has 0 N–H and O–H groups in total. The lowest BCUT2D eigenvalue weighted by Crippen LogP contribution is -2.35. The summed E-state index contributed by atoms with van der Waals surface area (Å²) < 4.78 is 0. The third kappa shape index (κ3) is 1.98. The van der Waals surface area contributed by atoms with Gasteiger partial charge in [-0.05, 0) is 36.1 Å². The number of anilines is 1. The fourth-order valence-electron chi connectivity index (χ4n) is 2.85. The molecule has 0 saturated heterocycles. The minimum Gasteiger partial charge on any atom is -0.351 e. The molecule has 0 amide bonds. The summed E-state index contributed by atoms with van der Waals surface area (Å²) in [6, 6.07) is 18.9. The van der Waals surface area contributed by atoms with Gasteiger partial charge in [0.2, 0.25) is 0 Å². The topological polar surface area (TPSA) is 27.0 Å². The number of para-hydroxylation sites is 1. The van der Waals surface area contributed by atoms with Gasteiger partial charge >= 0.3 is 0 Å². The molecule has 0 radical (unpaired) electrons.